The highest BCUT2D eigenvalue weighted by Crippen LogP contribution is 2.66. The number of rotatable bonds is 8. The molecule has 2 rings (SSSR count). The Morgan fingerprint density at radius 1 is 1.21 bits per heavy atom. The number of aromatic amines is 1. The summed E-state index contributed by atoms with van der Waals surface area (Å²) in [4.78, 5) is 59.5. The molecule has 2 heterocycles. The monoisotopic (exact) mass is 488 g/mol. The highest BCUT2D eigenvalue weighted by molar-refractivity contribution is 7.66. The molecule has 0 radical (unpaired) electrons. The first-order valence-corrected chi connectivity index (χ1v) is 11.6. The largest absolute Gasteiger partial charge is 0.490 e. The van der Waals surface area contributed by atoms with Crippen LogP contribution in [0.1, 0.15) is 12.6 Å². The quantitative estimate of drug-likeness (QED) is 0.299. The lowest BCUT2D eigenvalue weighted by molar-refractivity contribution is -0.193. The Balaban J connectivity index is 2.08. The third kappa shape index (κ3) is 6.70. The van der Waals surface area contributed by atoms with Gasteiger partial charge in [-0.05, 0) is 0 Å². The molecule has 0 aliphatic carbocycles. The maximum Gasteiger partial charge on any atom is 0.490 e. The molecule has 1 aliphatic rings. The van der Waals surface area contributed by atoms with Crippen LogP contribution in [-0.2, 0) is 31.6 Å². The number of ether oxygens (including phenoxy) is 1. The Hall–Kier alpha value is -1.09. The van der Waals surface area contributed by atoms with Crippen LogP contribution in [0.5, 0.6) is 0 Å². The fourth-order valence-electron chi connectivity index (χ4n) is 2.12. The van der Waals surface area contributed by atoms with Crippen LogP contribution >= 0.6 is 23.5 Å². The molecule has 5 N–H and O–H groups in total. The molecule has 0 bridgehead atoms. The number of hydrogen-bond donors (Lipinski definition) is 5. The number of phosphoric acid groups is 3. The molecular formula is C9H13F2N2O13P3. The van der Waals surface area contributed by atoms with Gasteiger partial charge in [0.25, 0.3) is 11.4 Å². The minimum absolute atomic E-state index is 0.625. The minimum atomic E-state index is -5.84. The predicted octanol–water partition coefficient (Wildman–Crippen LogP) is -0.197. The van der Waals surface area contributed by atoms with Gasteiger partial charge in [-0.3, -0.25) is 18.9 Å². The SMILES string of the molecule is O=c1ccn([C@H]2C[C@H](F)[C@@](F)(COP(=O)(O)OP(=O)(O)OP(=O)(O)O)O2)c(=O)[nH]1. The molecule has 1 aromatic rings. The number of alkyl halides is 2. The van der Waals surface area contributed by atoms with Gasteiger partial charge < -0.3 is 24.3 Å². The maximum atomic E-state index is 14.6. The average molecular weight is 488 g/mol. The zero-order chi connectivity index (χ0) is 22.3. The molecular weight excluding hydrogens is 475 g/mol. The van der Waals surface area contributed by atoms with Crippen molar-refractivity contribution in [3.05, 3.63) is 33.1 Å². The molecule has 1 saturated heterocycles. The molecule has 20 heteroatoms. The van der Waals surface area contributed by atoms with Crippen molar-refractivity contribution in [2.45, 2.75) is 24.7 Å². The minimum Gasteiger partial charge on any atom is -0.317 e. The molecule has 1 aliphatic heterocycles. The van der Waals surface area contributed by atoms with E-state index in [1.165, 1.54) is 0 Å². The van der Waals surface area contributed by atoms with E-state index in [1.807, 2.05) is 4.98 Å². The Morgan fingerprint density at radius 3 is 2.38 bits per heavy atom. The summed E-state index contributed by atoms with van der Waals surface area (Å²) in [6, 6.07) is 0.863. The Kier molecular flexibility index (Phi) is 6.85. The molecule has 2 unspecified atom stereocenters. The van der Waals surface area contributed by atoms with E-state index >= 15 is 0 Å². The van der Waals surface area contributed by atoms with Crippen molar-refractivity contribution in [3.8, 4) is 0 Å². The summed E-state index contributed by atoms with van der Waals surface area (Å²) in [5.41, 5.74) is -1.85. The molecule has 0 aromatic carbocycles. The van der Waals surface area contributed by atoms with Gasteiger partial charge >= 0.3 is 29.2 Å². The molecule has 0 spiro atoms. The van der Waals surface area contributed by atoms with Crippen LogP contribution in [0, 0.1) is 0 Å². The molecule has 1 aromatic heterocycles. The first-order chi connectivity index (χ1) is 13.0. The zero-order valence-corrected chi connectivity index (χ0v) is 16.4. The third-order valence-corrected chi connectivity index (χ3v) is 6.99. The molecule has 0 saturated carbocycles. The number of nitrogens with zero attached hydrogens (tertiary/aromatic N) is 1. The topological polar surface area (TPSA) is 224 Å². The van der Waals surface area contributed by atoms with Crippen molar-refractivity contribution in [1.82, 2.24) is 9.55 Å². The predicted molar refractivity (Wildman–Crippen MR) is 84.6 cm³/mol. The van der Waals surface area contributed by atoms with Gasteiger partial charge in [-0.2, -0.15) is 8.62 Å². The summed E-state index contributed by atoms with van der Waals surface area (Å²) in [5.74, 6) is -3.44. The second-order valence-corrected chi connectivity index (χ2v) is 9.86. The smallest absolute Gasteiger partial charge is 0.317 e. The van der Waals surface area contributed by atoms with Crippen LogP contribution < -0.4 is 11.2 Å². The standard InChI is InChI=1S/C9H13F2N2O13P3/c10-5-3-7(13-2-1-6(14)12-8(13)15)24-9(5,11)4-23-28(19,20)26-29(21,22)25-27(16,17)18/h1-2,5,7H,3-4H2,(H,19,20)(H,21,22)(H,12,14,15)(H2,16,17,18)/t5-,7+,9+/m0/s1. The second-order valence-electron chi connectivity index (χ2n) is 5.44. The number of H-pyrrole nitrogens is 1. The van der Waals surface area contributed by atoms with Gasteiger partial charge in [-0.15, -0.1) is 0 Å². The van der Waals surface area contributed by atoms with E-state index in [-0.39, 0.29) is 0 Å². The zero-order valence-electron chi connectivity index (χ0n) is 13.7. The van der Waals surface area contributed by atoms with Crippen molar-refractivity contribution >= 4 is 23.5 Å². The van der Waals surface area contributed by atoms with E-state index < -0.39 is 66.0 Å². The van der Waals surface area contributed by atoms with E-state index in [2.05, 4.69) is 17.9 Å². The van der Waals surface area contributed by atoms with Crippen LogP contribution in [-0.4, -0.2) is 47.8 Å². The van der Waals surface area contributed by atoms with Gasteiger partial charge in [0, 0.05) is 18.7 Å². The van der Waals surface area contributed by atoms with E-state index in [0.29, 0.717) is 4.57 Å². The normalized spacial score (nSPS) is 29.3. The van der Waals surface area contributed by atoms with Gasteiger partial charge in [-0.1, -0.05) is 0 Å². The van der Waals surface area contributed by atoms with Crippen molar-refractivity contribution < 1.29 is 59.9 Å². The summed E-state index contributed by atoms with van der Waals surface area (Å²) in [7, 11) is -17.2. The maximum absolute atomic E-state index is 14.6. The second kappa shape index (κ2) is 8.21. The summed E-state index contributed by atoms with van der Waals surface area (Å²) in [6.45, 7) is -1.70. The number of aromatic nitrogens is 2. The van der Waals surface area contributed by atoms with Gasteiger partial charge in [0.1, 0.15) is 12.8 Å². The summed E-state index contributed by atoms with van der Waals surface area (Å²) in [6.07, 6.45) is -4.03. The highest BCUT2D eigenvalue weighted by Gasteiger charge is 2.53. The van der Waals surface area contributed by atoms with Crippen LogP contribution in [0.3, 0.4) is 0 Å². The molecule has 29 heavy (non-hydrogen) atoms. The lowest BCUT2D eigenvalue weighted by Crippen LogP contribution is -2.37. The number of nitrogens with one attached hydrogen (secondary N) is 1. The Morgan fingerprint density at radius 2 is 1.83 bits per heavy atom. The van der Waals surface area contributed by atoms with Crippen molar-refractivity contribution in [2.24, 2.45) is 0 Å². The van der Waals surface area contributed by atoms with E-state index in [1.54, 1.807) is 0 Å². The number of halogens is 2. The number of phosphoric ester groups is 1. The summed E-state index contributed by atoms with van der Waals surface area (Å²) < 4.78 is 78.0. The molecule has 0 amide bonds. The fourth-order valence-corrected chi connectivity index (χ4v) is 5.16. The van der Waals surface area contributed by atoms with Gasteiger partial charge in [-0.25, -0.2) is 27.3 Å². The van der Waals surface area contributed by atoms with E-state index in [9.17, 15) is 37.0 Å². The molecule has 166 valence electrons. The summed E-state index contributed by atoms with van der Waals surface area (Å²) >= 11 is 0. The fraction of sp³-hybridized carbons (Fsp3) is 0.556. The van der Waals surface area contributed by atoms with Gasteiger partial charge in [0.2, 0.25) is 0 Å². The van der Waals surface area contributed by atoms with Crippen LogP contribution in [0.2, 0.25) is 0 Å². The molecule has 5 atom stereocenters. The Bertz CT molecular complexity index is 1020. The number of hydrogen-bond acceptors (Lipinski definition) is 9. The van der Waals surface area contributed by atoms with Crippen molar-refractivity contribution in [3.63, 3.8) is 0 Å². The van der Waals surface area contributed by atoms with Crippen LogP contribution in [0.4, 0.5) is 8.78 Å². The van der Waals surface area contributed by atoms with Crippen molar-refractivity contribution in [2.75, 3.05) is 6.61 Å². The summed E-state index contributed by atoms with van der Waals surface area (Å²) in [5, 5.41) is 0. The van der Waals surface area contributed by atoms with Gasteiger partial charge in [0.05, 0.1) is 0 Å². The molecule has 1 fully saturated rings. The van der Waals surface area contributed by atoms with E-state index in [0.717, 1.165) is 12.3 Å². The highest BCUT2D eigenvalue weighted by atomic mass is 31.3. The lowest BCUT2D eigenvalue weighted by Gasteiger charge is -2.23. The van der Waals surface area contributed by atoms with Gasteiger partial charge in [0.15, 0.2) is 6.17 Å². The van der Waals surface area contributed by atoms with Crippen molar-refractivity contribution in [1.29, 1.82) is 0 Å². The van der Waals surface area contributed by atoms with E-state index in [4.69, 9.17) is 14.7 Å². The van der Waals surface area contributed by atoms with Crippen LogP contribution in [0.25, 0.3) is 0 Å². The molecule has 15 nitrogen and oxygen atoms in total. The van der Waals surface area contributed by atoms with Crippen LogP contribution in [0.15, 0.2) is 21.9 Å². The Labute approximate surface area is 158 Å². The first kappa shape index (κ1) is 24.2. The third-order valence-electron chi connectivity index (χ3n) is 3.21. The lowest BCUT2D eigenvalue weighted by atomic mass is 10.2. The average Bonchev–Trinajstić information content (AvgIpc) is 2.77. The first-order valence-electron chi connectivity index (χ1n) is 7.13.